The van der Waals surface area contributed by atoms with Crippen molar-refractivity contribution in [2.75, 3.05) is 30.3 Å². The maximum atomic E-state index is 12.5. The molecule has 2 N–H and O–H groups in total. The molecule has 0 spiro atoms. The number of hydrogen-bond donors (Lipinski definition) is 2. The summed E-state index contributed by atoms with van der Waals surface area (Å²) in [6, 6.07) is 19.8. The van der Waals surface area contributed by atoms with Crippen LogP contribution < -0.4 is 10.6 Å². The minimum atomic E-state index is -0.248. The van der Waals surface area contributed by atoms with Crippen molar-refractivity contribution in [3.8, 4) is 10.4 Å². The number of nitrogens with zero attached hydrogens (tertiary/aromatic N) is 3. The van der Waals surface area contributed by atoms with Gasteiger partial charge in [0, 0.05) is 22.5 Å². The second-order valence-corrected chi connectivity index (χ2v) is 8.88. The average molecular weight is 432 g/mol. The zero-order valence-corrected chi connectivity index (χ0v) is 18.1. The van der Waals surface area contributed by atoms with Crippen LogP contribution in [-0.2, 0) is 6.54 Å². The fourth-order valence-electron chi connectivity index (χ4n) is 4.02. The number of amides is 2. The summed E-state index contributed by atoms with van der Waals surface area (Å²) in [6.07, 6.45) is 4.47. The van der Waals surface area contributed by atoms with E-state index in [1.54, 1.807) is 11.3 Å². The molecule has 3 heterocycles. The Balaban J connectivity index is 1.21. The van der Waals surface area contributed by atoms with Gasteiger partial charge in [-0.05, 0) is 61.8 Å². The van der Waals surface area contributed by atoms with Crippen molar-refractivity contribution in [2.24, 2.45) is 0 Å². The molecule has 0 saturated carbocycles. The minimum absolute atomic E-state index is 0.248. The molecule has 158 valence electrons. The normalized spacial score (nSPS) is 14.2. The summed E-state index contributed by atoms with van der Waals surface area (Å²) in [5.41, 5.74) is 2.99. The van der Waals surface area contributed by atoms with Crippen molar-refractivity contribution in [2.45, 2.75) is 19.4 Å². The lowest BCUT2D eigenvalue weighted by atomic mass is 10.2. The van der Waals surface area contributed by atoms with E-state index in [9.17, 15) is 4.79 Å². The Morgan fingerprint density at radius 1 is 0.968 bits per heavy atom. The number of likely N-dealkylation sites (tertiary alicyclic amines) is 1. The quantitative estimate of drug-likeness (QED) is 0.423. The molecule has 0 unspecified atom stereocenters. The molecule has 0 bridgehead atoms. The van der Waals surface area contributed by atoms with E-state index in [-0.39, 0.29) is 6.03 Å². The third-order valence-corrected chi connectivity index (χ3v) is 6.68. The van der Waals surface area contributed by atoms with Gasteiger partial charge in [0.1, 0.15) is 0 Å². The molecule has 2 aromatic heterocycles. The predicted molar refractivity (Wildman–Crippen MR) is 128 cm³/mol. The summed E-state index contributed by atoms with van der Waals surface area (Å²) in [7, 11) is 0. The Bertz CT molecular complexity index is 1180. The van der Waals surface area contributed by atoms with Gasteiger partial charge in [0.2, 0.25) is 0 Å². The molecule has 1 fully saturated rings. The Hall–Kier alpha value is -3.16. The highest BCUT2D eigenvalue weighted by Crippen LogP contribution is 2.31. The van der Waals surface area contributed by atoms with Crippen LogP contribution in [0.2, 0.25) is 0 Å². The van der Waals surface area contributed by atoms with Crippen LogP contribution in [0.5, 0.6) is 0 Å². The number of thiophene rings is 1. The summed E-state index contributed by atoms with van der Waals surface area (Å²) in [6.45, 7) is 4.31. The van der Waals surface area contributed by atoms with E-state index in [4.69, 9.17) is 0 Å². The van der Waals surface area contributed by atoms with Crippen LogP contribution >= 0.6 is 11.3 Å². The molecule has 4 aromatic rings. The molecule has 5 rings (SSSR count). The molecule has 0 radical (unpaired) electrons. The van der Waals surface area contributed by atoms with Crippen LogP contribution in [0.3, 0.4) is 0 Å². The maximum absolute atomic E-state index is 12.5. The van der Waals surface area contributed by atoms with Gasteiger partial charge in [-0.1, -0.05) is 30.3 Å². The number of anilines is 2. The van der Waals surface area contributed by atoms with E-state index < -0.39 is 0 Å². The lowest BCUT2D eigenvalue weighted by Gasteiger charge is -2.14. The van der Waals surface area contributed by atoms with E-state index in [1.165, 1.54) is 25.9 Å². The molecule has 31 heavy (non-hydrogen) atoms. The van der Waals surface area contributed by atoms with Gasteiger partial charge in [-0.25, -0.2) is 4.79 Å². The second kappa shape index (κ2) is 8.91. The lowest BCUT2D eigenvalue weighted by Crippen LogP contribution is -2.24. The number of benzene rings is 2. The molecule has 1 saturated heterocycles. The smallest absolute Gasteiger partial charge is 0.308 e. The van der Waals surface area contributed by atoms with E-state index in [0.717, 1.165) is 45.1 Å². The fraction of sp³-hybridized carbons (Fsp3) is 0.250. The molecule has 2 amide bonds. The molecule has 1 aliphatic heterocycles. The first-order valence-electron chi connectivity index (χ1n) is 10.7. The average Bonchev–Trinajstić information content (AvgIpc) is 3.54. The van der Waals surface area contributed by atoms with Crippen molar-refractivity contribution in [1.29, 1.82) is 0 Å². The van der Waals surface area contributed by atoms with Gasteiger partial charge in [0.25, 0.3) is 0 Å². The Kier molecular flexibility index (Phi) is 5.69. The Labute approximate surface area is 185 Å². The molecule has 7 heteroatoms. The molecule has 1 aliphatic rings. The first kappa shape index (κ1) is 19.8. The number of rotatable bonds is 6. The number of aromatic nitrogens is 2. The summed E-state index contributed by atoms with van der Waals surface area (Å²) in [5, 5.41) is 12.2. The zero-order valence-electron chi connectivity index (χ0n) is 17.3. The second-order valence-electron chi connectivity index (χ2n) is 7.80. The van der Waals surface area contributed by atoms with Crippen molar-refractivity contribution < 1.29 is 4.79 Å². The van der Waals surface area contributed by atoms with Gasteiger partial charge < -0.3 is 10.2 Å². The third kappa shape index (κ3) is 4.62. The van der Waals surface area contributed by atoms with E-state index in [1.807, 2.05) is 59.4 Å². The lowest BCUT2D eigenvalue weighted by molar-refractivity contribution is 0.262. The van der Waals surface area contributed by atoms with Crippen molar-refractivity contribution in [1.82, 2.24) is 14.7 Å². The molecular formula is C24H25N5OS. The van der Waals surface area contributed by atoms with Gasteiger partial charge >= 0.3 is 6.03 Å². The zero-order chi connectivity index (χ0) is 21.0. The highest BCUT2D eigenvalue weighted by Gasteiger charge is 2.12. The van der Waals surface area contributed by atoms with Crippen LogP contribution in [-0.4, -0.2) is 40.3 Å². The predicted octanol–water partition coefficient (Wildman–Crippen LogP) is 5.50. The van der Waals surface area contributed by atoms with Gasteiger partial charge in [0.15, 0.2) is 0 Å². The summed E-state index contributed by atoms with van der Waals surface area (Å²) in [5.74, 6) is 0. The van der Waals surface area contributed by atoms with Crippen molar-refractivity contribution in [3.05, 3.63) is 66.9 Å². The highest BCUT2D eigenvalue weighted by atomic mass is 32.1. The van der Waals surface area contributed by atoms with Crippen LogP contribution in [0.4, 0.5) is 15.5 Å². The van der Waals surface area contributed by atoms with Crippen LogP contribution in [0.1, 0.15) is 12.8 Å². The molecule has 2 aromatic carbocycles. The standard InChI is InChI=1S/C24H25N5OS/c30-24(27-23-11-10-22(31-23)18-6-2-1-3-7-18)26-20-8-9-21-19(16-20)17-25-29(21)15-14-28-12-4-5-13-28/h1-3,6-11,16-17H,4-5,12-15H2,(H2,26,27,30). The van der Waals surface area contributed by atoms with Gasteiger partial charge in [-0.15, -0.1) is 11.3 Å². The van der Waals surface area contributed by atoms with Gasteiger partial charge in [-0.2, -0.15) is 5.10 Å². The minimum Gasteiger partial charge on any atom is -0.308 e. The van der Waals surface area contributed by atoms with Crippen LogP contribution in [0.15, 0.2) is 66.9 Å². The SMILES string of the molecule is O=C(Nc1ccc2c(cnn2CCN2CCCC2)c1)Nc1ccc(-c2ccccc2)s1. The van der Waals surface area contributed by atoms with Crippen molar-refractivity contribution >= 4 is 39.0 Å². The van der Waals surface area contributed by atoms with Gasteiger partial charge in [0.05, 0.1) is 23.3 Å². The summed E-state index contributed by atoms with van der Waals surface area (Å²) >= 11 is 1.56. The number of fused-ring (bicyclic) bond motifs is 1. The van der Waals surface area contributed by atoms with E-state index >= 15 is 0 Å². The number of carbonyl (C=O) groups is 1. The van der Waals surface area contributed by atoms with Crippen LogP contribution in [0, 0.1) is 0 Å². The topological polar surface area (TPSA) is 62.2 Å². The molecule has 6 nitrogen and oxygen atoms in total. The Morgan fingerprint density at radius 2 is 1.81 bits per heavy atom. The third-order valence-electron chi connectivity index (χ3n) is 5.63. The van der Waals surface area contributed by atoms with E-state index in [0.29, 0.717) is 0 Å². The number of hydrogen-bond acceptors (Lipinski definition) is 4. The highest BCUT2D eigenvalue weighted by molar-refractivity contribution is 7.19. The Morgan fingerprint density at radius 3 is 2.65 bits per heavy atom. The van der Waals surface area contributed by atoms with E-state index in [2.05, 4.69) is 32.8 Å². The monoisotopic (exact) mass is 431 g/mol. The summed E-state index contributed by atoms with van der Waals surface area (Å²) in [4.78, 5) is 16.1. The number of urea groups is 1. The fourth-order valence-corrected chi connectivity index (χ4v) is 4.93. The maximum Gasteiger partial charge on any atom is 0.324 e. The molecular weight excluding hydrogens is 406 g/mol. The van der Waals surface area contributed by atoms with Gasteiger partial charge in [-0.3, -0.25) is 10.00 Å². The first-order chi connectivity index (χ1) is 15.2. The first-order valence-corrected chi connectivity index (χ1v) is 11.5. The molecule has 0 atom stereocenters. The number of carbonyl (C=O) groups excluding carboxylic acids is 1. The van der Waals surface area contributed by atoms with Crippen molar-refractivity contribution in [3.63, 3.8) is 0 Å². The number of nitrogens with one attached hydrogen (secondary N) is 2. The summed E-state index contributed by atoms with van der Waals surface area (Å²) < 4.78 is 2.05. The molecule has 0 aliphatic carbocycles. The largest absolute Gasteiger partial charge is 0.324 e. The van der Waals surface area contributed by atoms with Crippen LogP contribution in [0.25, 0.3) is 21.3 Å².